The minimum atomic E-state index is 0.671. The Morgan fingerprint density at radius 1 is 1.35 bits per heavy atom. The maximum Gasteiger partial charge on any atom is 0.0404 e. The minimum absolute atomic E-state index is 0.671. The fraction of sp³-hybridized carbons (Fsp3) is 0.500. The lowest BCUT2D eigenvalue weighted by Gasteiger charge is -2.41. The van der Waals surface area contributed by atoms with Crippen LogP contribution in [0.5, 0.6) is 0 Å². The molecule has 1 fully saturated rings. The molecule has 0 amide bonds. The molecule has 0 aromatic heterocycles. The van der Waals surface area contributed by atoms with E-state index < -0.39 is 0 Å². The number of nitrogens with one attached hydrogen (secondary N) is 1. The summed E-state index contributed by atoms with van der Waals surface area (Å²) in [7, 11) is 0. The van der Waals surface area contributed by atoms with Crippen LogP contribution in [-0.2, 0) is 6.42 Å². The van der Waals surface area contributed by atoms with Gasteiger partial charge in [-0.1, -0.05) is 37.3 Å². The zero-order chi connectivity index (χ0) is 11.8. The van der Waals surface area contributed by atoms with E-state index in [9.17, 15) is 0 Å². The van der Waals surface area contributed by atoms with Crippen LogP contribution in [-0.4, -0.2) is 6.04 Å². The molecule has 0 saturated heterocycles. The van der Waals surface area contributed by atoms with Gasteiger partial charge < -0.3 is 5.32 Å². The topological polar surface area (TPSA) is 12.0 Å². The van der Waals surface area contributed by atoms with E-state index in [1.807, 2.05) is 0 Å². The van der Waals surface area contributed by atoms with Crippen molar-refractivity contribution in [3.8, 4) is 0 Å². The van der Waals surface area contributed by atoms with Crippen molar-refractivity contribution in [1.82, 2.24) is 0 Å². The fourth-order valence-corrected chi connectivity index (χ4v) is 3.30. The van der Waals surface area contributed by atoms with Crippen LogP contribution in [0.4, 0.5) is 5.69 Å². The summed E-state index contributed by atoms with van der Waals surface area (Å²) in [5.41, 5.74) is 4.23. The summed E-state index contributed by atoms with van der Waals surface area (Å²) in [4.78, 5) is 0. The minimum Gasteiger partial charge on any atom is -0.381 e. The Balaban J connectivity index is 1.79. The van der Waals surface area contributed by atoms with E-state index in [4.69, 9.17) is 0 Å². The van der Waals surface area contributed by atoms with E-state index in [0.29, 0.717) is 6.04 Å². The third kappa shape index (κ3) is 1.78. The lowest BCUT2D eigenvalue weighted by molar-refractivity contribution is 0.218. The highest BCUT2D eigenvalue weighted by Crippen LogP contribution is 2.44. The van der Waals surface area contributed by atoms with E-state index in [0.717, 1.165) is 18.3 Å². The van der Waals surface area contributed by atoms with Crippen molar-refractivity contribution in [2.24, 2.45) is 11.8 Å². The third-order valence-electron chi connectivity index (χ3n) is 4.43. The Morgan fingerprint density at radius 2 is 2.24 bits per heavy atom. The molecule has 1 nitrogen and oxygen atoms in total. The lowest BCUT2D eigenvalue weighted by atomic mass is 9.71. The van der Waals surface area contributed by atoms with E-state index >= 15 is 0 Å². The lowest BCUT2D eigenvalue weighted by Crippen LogP contribution is -2.43. The van der Waals surface area contributed by atoms with Gasteiger partial charge in [0.25, 0.3) is 0 Å². The summed E-state index contributed by atoms with van der Waals surface area (Å²) in [6, 6.07) is 7.29. The average molecular weight is 227 g/mol. The van der Waals surface area contributed by atoms with Crippen molar-refractivity contribution in [2.75, 3.05) is 5.32 Å². The molecule has 0 radical (unpaired) electrons. The quantitative estimate of drug-likeness (QED) is 0.771. The van der Waals surface area contributed by atoms with Crippen LogP contribution < -0.4 is 5.32 Å². The van der Waals surface area contributed by atoms with Crippen molar-refractivity contribution >= 4 is 5.69 Å². The van der Waals surface area contributed by atoms with Crippen LogP contribution >= 0.6 is 0 Å². The summed E-state index contributed by atoms with van der Waals surface area (Å²) >= 11 is 0. The molecule has 17 heavy (non-hydrogen) atoms. The largest absolute Gasteiger partial charge is 0.381 e. The van der Waals surface area contributed by atoms with E-state index in [1.54, 1.807) is 0 Å². The molecule has 90 valence electrons. The SMILES string of the molecule is CCc1cccc(C)c1NC1CC2CC=CC21. The molecule has 1 saturated carbocycles. The van der Waals surface area contributed by atoms with Crippen molar-refractivity contribution < 1.29 is 0 Å². The number of allylic oxidation sites excluding steroid dienone is 1. The van der Waals surface area contributed by atoms with Crippen LogP contribution in [0.15, 0.2) is 30.4 Å². The van der Waals surface area contributed by atoms with Crippen molar-refractivity contribution in [3.63, 3.8) is 0 Å². The molecule has 1 aromatic carbocycles. The second-order valence-electron chi connectivity index (χ2n) is 5.45. The van der Waals surface area contributed by atoms with Crippen molar-refractivity contribution in [1.29, 1.82) is 0 Å². The summed E-state index contributed by atoms with van der Waals surface area (Å²) in [5.74, 6) is 1.72. The number of anilines is 1. The van der Waals surface area contributed by atoms with Gasteiger partial charge in [0.2, 0.25) is 0 Å². The number of hydrogen-bond acceptors (Lipinski definition) is 1. The molecule has 2 aliphatic rings. The van der Waals surface area contributed by atoms with Gasteiger partial charge in [-0.05, 0) is 43.2 Å². The monoisotopic (exact) mass is 227 g/mol. The second kappa shape index (κ2) is 4.21. The predicted octanol–water partition coefficient (Wildman–Crippen LogP) is 3.93. The Kier molecular flexibility index (Phi) is 2.70. The molecule has 3 atom stereocenters. The molecule has 0 bridgehead atoms. The first-order chi connectivity index (χ1) is 8.29. The van der Waals surface area contributed by atoms with Gasteiger partial charge in [-0.2, -0.15) is 0 Å². The van der Waals surface area contributed by atoms with Crippen LogP contribution in [0.3, 0.4) is 0 Å². The van der Waals surface area contributed by atoms with Crippen molar-refractivity contribution in [3.05, 3.63) is 41.5 Å². The number of benzene rings is 1. The van der Waals surface area contributed by atoms with Crippen LogP contribution in [0.25, 0.3) is 0 Å². The highest BCUT2D eigenvalue weighted by Gasteiger charge is 2.41. The summed E-state index contributed by atoms with van der Waals surface area (Å²) < 4.78 is 0. The number of rotatable bonds is 3. The van der Waals surface area contributed by atoms with Crippen molar-refractivity contribution in [2.45, 2.75) is 39.2 Å². The molecule has 0 aliphatic heterocycles. The zero-order valence-electron chi connectivity index (χ0n) is 10.7. The van der Waals surface area contributed by atoms with E-state index in [1.165, 1.54) is 29.7 Å². The number of hydrogen-bond donors (Lipinski definition) is 1. The highest BCUT2D eigenvalue weighted by atomic mass is 15.0. The second-order valence-corrected chi connectivity index (χ2v) is 5.45. The van der Waals surface area contributed by atoms with Gasteiger partial charge in [0, 0.05) is 17.6 Å². The molecular weight excluding hydrogens is 206 g/mol. The van der Waals surface area contributed by atoms with Crippen LogP contribution in [0.2, 0.25) is 0 Å². The normalized spacial score (nSPS) is 29.9. The van der Waals surface area contributed by atoms with Gasteiger partial charge in [0.05, 0.1) is 0 Å². The Labute approximate surface area is 104 Å². The van der Waals surface area contributed by atoms with Gasteiger partial charge in [0.15, 0.2) is 0 Å². The zero-order valence-corrected chi connectivity index (χ0v) is 10.7. The molecule has 3 rings (SSSR count). The maximum atomic E-state index is 3.79. The molecule has 1 N–H and O–H groups in total. The smallest absolute Gasteiger partial charge is 0.0404 e. The van der Waals surface area contributed by atoms with Gasteiger partial charge in [0.1, 0.15) is 0 Å². The maximum absolute atomic E-state index is 3.79. The van der Waals surface area contributed by atoms with Gasteiger partial charge in [-0.15, -0.1) is 0 Å². The van der Waals surface area contributed by atoms with Gasteiger partial charge in [-0.25, -0.2) is 0 Å². The predicted molar refractivity (Wildman–Crippen MR) is 73.3 cm³/mol. The third-order valence-corrected chi connectivity index (χ3v) is 4.43. The average Bonchev–Trinajstić information content (AvgIpc) is 2.69. The van der Waals surface area contributed by atoms with Crippen LogP contribution in [0.1, 0.15) is 30.9 Å². The number of para-hydroxylation sites is 1. The standard InChI is InChI=1S/C16H21N/c1-3-12-7-4-6-11(2)16(12)17-15-10-13-8-5-9-14(13)15/h4-7,9,13-15,17H,3,8,10H2,1-2H3. The molecule has 2 aliphatic carbocycles. The highest BCUT2D eigenvalue weighted by molar-refractivity contribution is 5.58. The molecule has 0 heterocycles. The first-order valence-electron chi connectivity index (χ1n) is 6.81. The summed E-state index contributed by atoms with van der Waals surface area (Å²) in [5, 5.41) is 3.79. The Hall–Kier alpha value is -1.24. The number of aryl methyl sites for hydroxylation is 2. The number of fused-ring (bicyclic) bond motifs is 1. The molecule has 3 unspecified atom stereocenters. The molecular formula is C16H21N. The Morgan fingerprint density at radius 3 is 3.00 bits per heavy atom. The van der Waals surface area contributed by atoms with Gasteiger partial charge >= 0.3 is 0 Å². The fourth-order valence-electron chi connectivity index (χ4n) is 3.30. The summed E-state index contributed by atoms with van der Waals surface area (Å²) in [6.45, 7) is 4.45. The molecule has 0 spiro atoms. The first kappa shape index (κ1) is 10.9. The van der Waals surface area contributed by atoms with E-state index in [2.05, 4.69) is 49.5 Å². The first-order valence-corrected chi connectivity index (χ1v) is 6.81. The summed E-state index contributed by atoms with van der Waals surface area (Å²) in [6.07, 6.45) is 8.53. The Bertz CT molecular complexity index is 447. The van der Waals surface area contributed by atoms with Crippen LogP contribution in [0, 0.1) is 18.8 Å². The van der Waals surface area contributed by atoms with E-state index in [-0.39, 0.29) is 0 Å². The van der Waals surface area contributed by atoms with Gasteiger partial charge in [-0.3, -0.25) is 0 Å². The molecule has 1 aromatic rings. The molecule has 1 heteroatoms.